The zero-order valence-corrected chi connectivity index (χ0v) is 7.04. The third-order valence-electron chi connectivity index (χ3n) is 1.28. The number of aromatic nitrogens is 1. The molecule has 1 rings (SSSR count). The lowest BCUT2D eigenvalue weighted by atomic mass is 10.2. The number of aryl methyl sites for hydroxylation is 1. The van der Waals surface area contributed by atoms with E-state index in [1.807, 2.05) is 0 Å². The van der Waals surface area contributed by atoms with E-state index in [1.165, 1.54) is 19.1 Å². The van der Waals surface area contributed by atoms with Crippen LogP contribution in [0, 0.1) is 6.92 Å². The Balaban J connectivity index is 0.00000121. The van der Waals surface area contributed by atoms with E-state index in [0.717, 1.165) is 6.20 Å². The predicted octanol–water partition coefficient (Wildman–Crippen LogP) is 2.83. The number of nitrogens with zero attached hydrogens (tertiary/aromatic N) is 1. The Morgan fingerprint density at radius 3 is 2.25 bits per heavy atom. The fourth-order valence-corrected chi connectivity index (χ4v) is 0.782. The molecule has 5 heteroatoms. The number of rotatable bonds is 0. The third kappa shape index (κ3) is 2.37. The number of halogens is 4. The minimum Gasteiger partial charge on any atom is -0.252 e. The molecule has 0 aliphatic rings. The van der Waals surface area contributed by atoms with Crippen LogP contribution in [0.2, 0.25) is 0 Å². The average Bonchev–Trinajstić information content (AvgIpc) is 1.86. The van der Waals surface area contributed by atoms with Gasteiger partial charge in [0.15, 0.2) is 0 Å². The van der Waals surface area contributed by atoms with Gasteiger partial charge in [-0.25, -0.2) is 0 Å². The summed E-state index contributed by atoms with van der Waals surface area (Å²) in [6.45, 7) is 1.38. The van der Waals surface area contributed by atoms with Crippen molar-refractivity contribution in [2.24, 2.45) is 0 Å². The molecule has 0 spiro atoms. The molecule has 0 radical (unpaired) electrons. The molecule has 0 saturated heterocycles. The molecule has 0 bridgehead atoms. The maximum Gasteiger partial charge on any atom is 0.433 e. The van der Waals surface area contributed by atoms with E-state index in [-0.39, 0.29) is 18.0 Å². The molecule has 1 aromatic heterocycles. The monoisotopic (exact) mass is 197 g/mol. The molecule has 0 N–H and O–H groups in total. The zero-order valence-electron chi connectivity index (χ0n) is 6.22. The molecule has 0 aliphatic carbocycles. The molecular weight excluding hydrogens is 191 g/mol. The summed E-state index contributed by atoms with van der Waals surface area (Å²) in [5.74, 6) is 0. The van der Waals surface area contributed by atoms with Gasteiger partial charge in [-0.1, -0.05) is 6.07 Å². The van der Waals surface area contributed by atoms with Crippen molar-refractivity contribution in [1.82, 2.24) is 4.98 Å². The zero-order chi connectivity index (χ0) is 8.48. The average molecular weight is 198 g/mol. The first-order chi connectivity index (χ1) is 5.02. The van der Waals surface area contributed by atoms with E-state index in [2.05, 4.69) is 4.98 Å². The molecule has 0 aromatic carbocycles. The van der Waals surface area contributed by atoms with Gasteiger partial charge in [0, 0.05) is 6.20 Å². The highest BCUT2D eigenvalue weighted by Crippen LogP contribution is 2.29. The second kappa shape index (κ2) is 3.76. The van der Waals surface area contributed by atoms with Crippen LogP contribution in [0.4, 0.5) is 13.2 Å². The van der Waals surface area contributed by atoms with Crippen LogP contribution in [0.1, 0.15) is 11.3 Å². The van der Waals surface area contributed by atoms with Gasteiger partial charge < -0.3 is 0 Å². The van der Waals surface area contributed by atoms with E-state index in [1.54, 1.807) is 0 Å². The Morgan fingerprint density at radius 1 is 1.33 bits per heavy atom. The number of pyridine rings is 1. The molecule has 68 valence electrons. The summed E-state index contributed by atoms with van der Waals surface area (Å²) in [6.07, 6.45) is -3.19. The smallest absolute Gasteiger partial charge is 0.252 e. The van der Waals surface area contributed by atoms with Crippen LogP contribution in [-0.4, -0.2) is 4.98 Å². The lowest BCUT2D eigenvalue weighted by Gasteiger charge is -2.06. The Kier molecular flexibility index (Phi) is 3.52. The van der Waals surface area contributed by atoms with E-state index in [4.69, 9.17) is 0 Å². The second-order valence-electron chi connectivity index (χ2n) is 2.17. The van der Waals surface area contributed by atoms with Crippen molar-refractivity contribution in [1.29, 1.82) is 0 Å². The van der Waals surface area contributed by atoms with Gasteiger partial charge >= 0.3 is 6.18 Å². The molecular formula is C7H7ClF3N. The lowest BCUT2D eigenvalue weighted by Crippen LogP contribution is -2.09. The predicted molar refractivity (Wildman–Crippen MR) is 41.2 cm³/mol. The van der Waals surface area contributed by atoms with Gasteiger partial charge in [0.1, 0.15) is 5.69 Å². The molecule has 1 aromatic rings. The van der Waals surface area contributed by atoms with Gasteiger partial charge in [0.2, 0.25) is 0 Å². The first kappa shape index (κ1) is 11.2. The third-order valence-corrected chi connectivity index (χ3v) is 1.28. The van der Waals surface area contributed by atoms with Gasteiger partial charge in [-0.2, -0.15) is 13.2 Å². The van der Waals surface area contributed by atoms with Crippen LogP contribution in [0.15, 0.2) is 18.3 Å². The van der Waals surface area contributed by atoms with E-state index in [0.29, 0.717) is 0 Å². The van der Waals surface area contributed by atoms with Crippen LogP contribution in [0.5, 0.6) is 0 Å². The molecule has 0 saturated carbocycles. The maximum atomic E-state index is 12.0. The quantitative estimate of drug-likeness (QED) is 0.623. The summed E-state index contributed by atoms with van der Waals surface area (Å²) in [6, 6.07) is 2.86. The van der Waals surface area contributed by atoms with Crippen molar-refractivity contribution < 1.29 is 13.2 Å². The van der Waals surface area contributed by atoms with Crippen molar-refractivity contribution >= 4 is 12.4 Å². The highest BCUT2D eigenvalue weighted by atomic mass is 35.5. The molecule has 0 fully saturated rings. The van der Waals surface area contributed by atoms with Crippen molar-refractivity contribution in [3.63, 3.8) is 0 Å². The van der Waals surface area contributed by atoms with Crippen molar-refractivity contribution in [2.75, 3.05) is 0 Å². The van der Waals surface area contributed by atoms with Gasteiger partial charge in [0.25, 0.3) is 0 Å². The molecule has 0 atom stereocenters. The van der Waals surface area contributed by atoms with Crippen LogP contribution in [0.25, 0.3) is 0 Å². The summed E-state index contributed by atoms with van der Waals surface area (Å²) in [7, 11) is 0. The van der Waals surface area contributed by atoms with Crippen LogP contribution in [-0.2, 0) is 6.18 Å². The minimum atomic E-state index is -4.33. The van der Waals surface area contributed by atoms with E-state index in [9.17, 15) is 13.2 Å². The molecule has 1 nitrogen and oxygen atoms in total. The Morgan fingerprint density at radius 2 is 1.92 bits per heavy atom. The molecule has 12 heavy (non-hydrogen) atoms. The molecule has 1 heterocycles. The minimum absolute atomic E-state index is 0. The topological polar surface area (TPSA) is 12.9 Å². The second-order valence-corrected chi connectivity index (χ2v) is 2.17. The number of hydrogen-bond donors (Lipinski definition) is 0. The Hall–Kier alpha value is -0.770. The van der Waals surface area contributed by atoms with Gasteiger partial charge in [-0.15, -0.1) is 12.4 Å². The first-order valence-electron chi connectivity index (χ1n) is 3.00. The molecule has 0 aliphatic heterocycles. The first-order valence-corrected chi connectivity index (χ1v) is 3.00. The standard InChI is InChI=1S/C7H6F3N.ClH/c1-5-3-2-4-11-6(5)7(8,9)10;/h2-4H,1H3;1H. The van der Waals surface area contributed by atoms with E-state index >= 15 is 0 Å². The summed E-state index contributed by atoms with van der Waals surface area (Å²) < 4.78 is 36.0. The summed E-state index contributed by atoms with van der Waals surface area (Å²) >= 11 is 0. The molecule has 0 unspecified atom stereocenters. The van der Waals surface area contributed by atoms with Crippen LogP contribution < -0.4 is 0 Å². The highest BCUT2D eigenvalue weighted by Gasteiger charge is 2.33. The fourth-order valence-electron chi connectivity index (χ4n) is 0.782. The largest absolute Gasteiger partial charge is 0.433 e. The van der Waals surface area contributed by atoms with Crippen molar-refractivity contribution in [2.45, 2.75) is 13.1 Å². The summed E-state index contributed by atoms with van der Waals surface area (Å²) in [5.41, 5.74) is -0.653. The van der Waals surface area contributed by atoms with Crippen LogP contribution in [0.3, 0.4) is 0 Å². The Bertz CT molecular complexity index is 259. The highest BCUT2D eigenvalue weighted by molar-refractivity contribution is 5.85. The van der Waals surface area contributed by atoms with Gasteiger partial charge in [-0.05, 0) is 18.6 Å². The van der Waals surface area contributed by atoms with Crippen molar-refractivity contribution in [3.05, 3.63) is 29.6 Å². The normalized spacial score (nSPS) is 10.7. The van der Waals surface area contributed by atoms with Gasteiger partial charge in [0.05, 0.1) is 0 Å². The number of alkyl halides is 3. The summed E-state index contributed by atoms with van der Waals surface area (Å²) in [5, 5.41) is 0. The summed E-state index contributed by atoms with van der Waals surface area (Å²) in [4.78, 5) is 3.22. The number of hydrogen-bond acceptors (Lipinski definition) is 1. The van der Waals surface area contributed by atoms with Gasteiger partial charge in [-0.3, -0.25) is 4.98 Å². The van der Waals surface area contributed by atoms with Crippen molar-refractivity contribution in [3.8, 4) is 0 Å². The molecule has 0 amide bonds. The fraction of sp³-hybridized carbons (Fsp3) is 0.286. The maximum absolute atomic E-state index is 12.0. The van der Waals surface area contributed by atoms with Crippen LogP contribution >= 0.6 is 12.4 Å². The SMILES string of the molecule is Cc1cccnc1C(F)(F)F.Cl. The van der Waals surface area contributed by atoms with E-state index < -0.39 is 11.9 Å². The lowest BCUT2D eigenvalue weighted by molar-refractivity contribution is -0.141. The Labute approximate surface area is 74.0 Å².